The molecule has 0 aliphatic rings. The summed E-state index contributed by atoms with van der Waals surface area (Å²) in [7, 11) is 0. The number of rotatable bonds is 6. The van der Waals surface area contributed by atoms with Crippen LogP contribution >= 0.6 is 23.2 Å². The topological polar surface area (TPSA) is 108 Å². The van der Waals surface area contributed by atoms with E-state index in [0.717, 1.165) is 23.5 Å². The Morgan fingerprint density at radius 3 is 2.65 bits per heavy atom. The highest BCUT2D eigenvalue weighted by atomic mass is 35.5. The van der Waals surface area contributed by atoms with Crippen molar-refractivity contribution in [1.29, 1.82) is 0 Å². The van der Waals surface area contributed by atoms with Gasteiger partial charge < -0.3 is 0 Å². The quantitative estimate of drug-likeness (QED) is 0.379. The molecule has 0 saturated heterocycles. The smallest absolute Gasteiger partial charge is 0.278 e. The largest absolute Gasteiger partial charge is 0.288 e. The first-order valence-corrected chi connectivity index (χ1v) is 11.2. The second-order valence-corrected chi connectivity index (χ2v) is 8.32. The van der Waals surface area contributed by atoms with Gasteiger partial charge in [-0.25, -0.2) is 19.2 Å². The number of amides is 1. The number of anilines is 1. The van der Waals surface area contributed by atoms with Crippen LogP contribution in [0.4, 0.5) is 5.95 Å². The molecule has 5 aromatic rings. The SMILES string of the molecule is CCn1ncc(-c2ccnc3cc(C(=O)Nc4ncn(Cc5c(Cl)cccc5Cl)n4)nn23)c1C. The number of carbonyl (C=O) groups is 1. The summed E-state index contributed by atoms with van der Waals surface area (Å²) < 4.78 is 5.07. The normalized spacial score (nSPS) is 11.3. The van der Waals surface area contributed by atoms with E-state index < -0.39 is 5.91 Å². The molecule has 0 aliphatic carbocycles. The number of fused-ring (bicyclic) bond motifs is 1. The van der Waals surface area contributed by atoms with Gasteiger partial charge in [0.1, 0.15) is 6.33 Å². The van der Waals surface area contributed by atoms with Crippen molar-refractivity contribution >= 4 is 40.7 Å². The van der Waals surface area contributed by atoms with E-state index in [4.69, 9.17) is 23.2 Å². The van der Waals surface area contributed by atoms with Crippen molar-refractivity contribution in [2.24, 2.45) is 0 Å². The molecule has 0 saturated carbocycles. The molecule has 172 valence electrons. The second kappa shape index (κ2) is 8.88. The fourth-order valence-electron chi connectivity index (χ4n) is 3.67. The number of nitrogens with zero attached hydrogens (tertiary/aromatic N) is 8. The number of hydrogen-bond donors (Lipinski definition) is 1. The summed E-state index contributed by atoms with van der Waals surface area (Å²) in [5.74, 6) is -0.315. The predicted octanol–water partition coefficient (Wildman–Crippen LogP) is 4.12. The molecular weight excluding hydrogens is 477 g/mol. The third kappa shape index (κ3) is 4.02. The van der Waals surface area contributed by atoms with E-state index in [1.807, 2.05) is 24.6 Å². The van der Waals surface area contributed by atoms with E-state index in [-0.39, 0.29) is 11.6 Å². The highest BCUT2D eigenvalue weighted by Crippen LogP contribution is 2.25. The van der Waals surface area contributed by atoms with Crippen molar-refractivity contribution in [3.05, 3.63) is 76.0 Å². The van der Waals surface area contributed by atoms with Crippen LogP contribution in [0.25, 0.3) is 16.9 Å². The van der Waals surface area contributed by atoms with Crippen molar-refractivity contribution in [2.45, 2.75) is 26.9 Å². The average molecular weight is 496 g/mol. The molecule has 1 aromatic carbocycles. The van der Waals surface area contributed by atoms with E-state index in [1.54, 1.807) is 45.9 Å². The molecule has 0 fully saturated rings. The molecule has 4 heterocycles. The molecule has 0 spiro atoms. The molecule has 0 aliphatic heterocycles. The van der Waals surface area contributed by atoms with E-state index in [1.165, 1.54) is 6.33 Å². The predicted molar refractivity (Wildman–Crippen MR) is 128 cm³/mol. The van der Waals surface area contributed by atoms with Crippen molar-refractivity contribution in [3.8, 4) is 11.3 Å². The molecule has 0 bridgehead atoms. The summed E-state index contributed by atoms with van der Waals surface area (Å²) in [5, 5.41) is 16.9. The Balaban J connectivity index is 1.38. The molecule has 4 aromatic heterocycles. The van der Waals surface area contributed by atoms with Gasteiger partial charge in [0.2, 0.25) is 5.95 Å². The molecule has 0 unspecified atom stereocenters. The van der Waals surface area contributed by atoms with Gasteiger partial charge in [-0.05, 0) is 32.0 Å². The molecule has 12 heteroatoms. The number of hydrogen-bond acceptors (Lipinski definition) is 6. The van der Waals surface area contributed by atoms with Crippen LogP contribution in [0.1, 0.15) is 28.7 Å². The van der Waals surface area contributed by atoms with Gasteiger partial charge in [-0.2, -0.15) is 10.2 Å². The maximum absolute atomic E-state index is 12.9. The second-order valence-electron chi connectivity index (χ2n) is 7.51. The minimum Gasteiger partial charge on any atom is -0.288 e. The number of benzene rings is 1. The Bertz CT molecular complexity index is 1500. The van der Waals surface area contributed by atoms with Crippen LogP contribution in [0.5, 0.6) is 0 Å². The fourth-order valence-corrected chi connectivity index (χ4v) is 4.18. The van der Waals surface area contributed by atoms with Gasteiger partial charge in [-0.3, -0.25) is 14.8 Å². The van der Waals surface area contributed by atoms with Gasteiger partial charge in [0.25, 0.3) is 5.91 Å². The third-order valence-corrected chi connectivity index (χ3v) is 6.12. The first-order valence-electron chi connectivity index (χ1n) is 10.5. The molecule has 0 atom stereocenters. The van der Waals surface area contributed by atoms with E-state index in [0.29, 0.717) is 27.8 Å². The molecular formula is C22H19Cl2N9O. The minimum absolute atomic E-state index is 0.137. The average Bonchev–Trinajstić information content (AvgIpc) is 3.54. The number of aromatic nitrogens is 8. The maximum atomic E-state index is 12.9. The Hall–Kier alpha value is -3.76. The Labute approximate surface area is 204 Å². The van der Waals surface area contributed by atoms with Crippen molar-refractivity contribution < 1.29 is 4.79 Å². The molecule has 10 nitrogen and oxygen atoms in total. The van der Waals surface area contributed by atoms with Crippen molar-refractivity contribution in [1.82, 2.24) is 39.1 Å². The number of carbonyl (C=O) groups excluding carboxylic acids is 1. The van der Waals surface area contributed by atoms with Gasteiger partial charge >= 0.3 is 0 Å². The van der Waals surface area contributed by atoms with Crippen LogP contribution in [0.2, 0.25) is 10.0 Å². The van der Waals surface area contributed by atoms with Crippen LogP contribution in [0.3, 0.4) is 0 Å². The standard InChI is InChI=1S/C22H19Cl2N9O/c1-3-32-13(2)14(10-27-32)19-7-8-25-20-9-18(29-33(19)20)21(34)28-22-26-12-31(30-22)11-15-16(23)5-4-6-17(15)24/h4-10,12H,3,11H2,1-2H3,(H,28,30,34). The summed E-state index contributed by atoms with van der Waals surface area (Å²) in [6.45, 7) is 5.09. The summed E-state index contributed by atoms with van der Waals surface area (Å²) >= 11 is 12.5. The van der Waals surface area contributed by atoms with Crippen LogP contribution in [0, 0.1) is 6.92 Å². The van der Waals surface area contributed by atoms with Gasteiger partial charge in [-0.1, -0.05) is 29.3 Å². The summed E-state index contributed by atoms with van der Waals surface area (Å²) in [4.78, 5) is 21.3. The zero-order valence-electron chi connectivity index (χ0n) is 18.3. The molecule has 1 amide bonds. The zero-order valence-corrected chi connectivity index (χ0v) is 19.8. The lowest BCUT2D eigenvalue weighted by Gasteiger charge is -2.06. The number of halogens is 2. The first-order chi connectivity index (χ1) is 16.4. The zero-order chi connectivity index (χ0) is 23.8. The molecule has 34 heavy (non-hydrogen) atoms. The highest BCUT2D eigenvalue weighted by Gasteiger charge is 2.18. The van der Waals surface area contributed by atoms with Gasteiger partial charge in [0.15, 0.2) is 11.3 Å². The van der Waals surface area contributed by atoms with Crippen LogP contribution < -0.4 is 5.32 Å². The lowest BCUT2D eigenvalue weighted by Crippen LogP contribution is -2.14. The molecule has 5 rings (SSSR count). The number of nitrogens with one attached hydrogen (secondary N) is 1. The summed E-state index contributed by atoms with van der Waals surface area (Å²) in [6, 6.07) is 8.73. The Kier molecular flexibility index (Phi) is 5.76. The Morgan fingerprint density at radius 1 is 1.12 bits per heavy atom. The lowest BCUT2D eigenvalue weighted by molar-refractivity contribution is 0.102. The van der Waals surface area contributed by atoms with Gasteiger partial charge in [0, 0.05) is 45.7 Å². The van der Waals surface area contributed by atoms with Crippen LogP contribution in [0.15, 0.2) is 49.1 Å². The third-order valence-electron chi connectivity index (χ3n) is 5.41. The van der Waals surface area contributed by atoms with Crippen molar-refractivity contribution in [2.75, 3.05) is 5.32 Å². The van der Waals surface area contributed by atoms with Gasteiger partial charge in [-0.15, -0.1) is 5.10 Å². The van der Waals surface area contributed by atoms with Crippen molar-refractivity contribution in [3.63, 3.8) is 0 Å². The van der Waals surface area contributed by atoms with E-state index in [9.17, 15) is 4.79 Å². The summed E-state index contributed by atoms with van der Waals surface area (Å²) in [6.07, 6.45) is 4.96. The highest BCUT2D eigenvalue weighted by molar-refractivity contribution is 6.35. The maximum Gasteiger partial charge on any atom is 0.278 e. The lowest BCUT2D eigenvalue weighted by atomic mass is 10.2. The molecule has 1 N–H and O–H groups in total. The number of aryl methyl sites for hydroxylation is 1. The first kappa shape index (κ1) is 22.1. The fraction of sp³-hybridized carbons (Fsp3) is 0.182. The van der Waals surface area contributed by atoms with E-state index in [2.05, 4.69) is 30.6 Å². The van der Waals surface area contributed by atoms with E-state index >= 15 is 0 Å². The summed E-state index contributed by atoms with van der Waals surface area (Å²) in [5.41, 5.74) is 4.16. The Morgan fingerprint density at radius 2 is 1.91 bits per heavy atom. The molecule has 0 radical (unpaired) electrons. The minimum atomic E-state index is -0.453. The van der Waals surface area contributed by atoms with Gasteiger partial charge in [0.05, 0.1) is 18.4 Å². The van der Waals surface area contributed by atoms with Crippen LogP contribution in [-0.2, 0) is 13.1 Å². The van der Waals surface area contributed by atoms with Crippen LogP contribution in [-0.4, -0.2) is 45.1 Å². The monoisotopic (exact) mass is 495 g/mol.